The maximum absolute atomic E-state index is 12.9. The van der Waals surface area contributed by atoms with Gasteiger partial charge in [-0.15, -0.1) is 22.4 Å². The van der Waals surface area contributed by atoms with Gasteiger partial charge >= 0.3 is 11.2 Å². The van der Waals surface area contributed by atoms with Crippen LogP contribution in [0.5, 0.6) is 0 Å². The third-order valence-corrected chi connectivity index (χ3v) is 8.66. The first-order valence-corrected chi connectivity index (χ1v) is 15.4. The van der Waals surface area contributed by atoms with Crippen molar-refractivity contribution >= 4 is 79.7 Å². The average Bonchev–Trinajstić information content (AvgIpc) is 3.31. The Morgan fingerprint density at radius 1 is 1.32 bits per heavy atom. The van der Waals surface area contributed by atoms with Gasteiger partial charge in [0, 0.05) is 23.6 Å². The molecule has 0 aromatic heterocycles. The number of hydrazine groups is 2. The molecule has 1 fully saturated rings. The first-order valence-electron chi connectivity index (χ1n) is 11.2. The summed E-state index contributed by atoms with van der Waals surface area (Å²) in [5.41, 5.74) is 4.81. The van der Waals surface area contributed by atoms with Crippen LogP contribution in [0.25, 0.3) is 0 Å². The topological polar surface area (TPSA) is 205 Å². The van der Waals surface area contributed by atoms with E-state index in [2.05, 4.69) is 31.8 Å². The van der Waals surface area contributed by atoms with Crippen molar-refractivity contribution < 1.29 is 33.0 Å². The maximum atomic E-state index is 12.9. The van der Waals surface area contributed by atoms with E-state index >= 15 is 0 Å². The number of nitrogens with zero attached hydrogens (tertiary/aromatic N) is 4. The molecule has 0 radical (unpaired) electrons. The molecule has 0 saturated carbocycles. The quantitative estimate of drug-likeness (QED) is 0.0922. The van der Waals surface area contributed by atoms with E-state index in [1.165, 1.54) is 23.5 Å². The predicted octanol–water partition coefficient (Wildman–Crippen LogP) is -0.109. The lowest BCUT2D eigenvalue weighted by molar-refractivity contribution is -0.150. The lowest BCUT2D eigenvalue weighted by Crippen LogP contribution is -2.70. The molecular formula is C19H28N8O7S4. The third-order valence-electron chi connectivity index (χ3n) is 4.91. The number of aliphatic imine (C=N–C) groups is 1. The number of carbonyl (C=O) groups excluding carboxylic acids is 3. The smallest absolute Gasteiger partial charge is 0.360 e. The van der Waals surface area contributed by atoms with E-state index in [4.69, 9.17) is 4.55 Å². The van der Waals surface area contributed by atoms with Gasteiger partial charge in [0.05, 0.1) is 5.75 Å². The minimum absolute atomic E-state index is 0.00618. The van der Waals surface area contributed by atoms with E-state index in [0.29, 0.717) is 10.7 Å². The lowest BCUT2D eigenvalue weighted by atomic mass is 10.0. The zero-order chi connectivity index (χ0) is 28.1. The summed E-state index contributed by atoms with van der Waals surface area (Å²) in [6.07, 6.45) is 0. The number of rotatable bonds is 8. The number of nitrogens with one attached hydrogen (secondary N) is 4. The summed E-state index contributed by atoms with van der Waals surface area (Å²) >= 11 is 0.689. The summed E-state index contributed by atoms with van der Waals surface area (Å²) in [6.45, 7) is 7.76. The van der Waals surface area contributed by atoms with Gasteiger partial charge in [-0.25, -0.2) is 14.5 Å². The van der Waals surface area contributed by atoms with Crippen LogP contribution in [0.3, 0.4) is 0 Å². The zero-order valence-corrected chi connectivity index (χ0v) is 24.1. The number of thioether (sulfide) groups is 3. The molecule has 3 heterocycles. The van der Waals surface area contributed by atoms with Crippen LogP contribution in [0, 0.1) is 0 Å². The molecule has 210 valence electrons. The molecular weight excluding hydrogens is 581 g/mol. The van der Waals surface area contributed by atoms with E-state index in [0.717, 1.165) is 21.7 Å². The van der Waals surface area contributed by atoms with Crippen LogP contribution in [-0.4, -0.2) is 97.9 Å². The minimum atomic E-state index is -2.79. The van der Waals surface area contributed by atoms with Gasteiger partial charge in [0.1, 0.15) is 17.1 Å². The molecule has 0 aromatic rings. The van der Waals surface area contributed by atoms with Crippen LogP contribution < -0.4 is 21.7 Å². The van der Waals surface area contributed by atoms with Crippen LogP contribution in [0.15, 0.2) is 21.4 Å². The van der Waals surface area contributed by atoms with Gasteiger partial charge in [0.15, 0.2) is 5.17 Å². The monoisotopic (exact) mass is 608 g/mol. The normalized spacial score (nSPS) is 22.1. The summed E-state index contributed by atoms with van der Waals surface area (Å²) in [4.78, 5) is 54.9. The Morgan fingerprint density at radius 3 is 2.63 bits per heavy atom. The Labute approximate surface area is 233 Å². The number of amidine groups is 2. The van der Waals surface area contributed by atoms with Crippen LogP contribution in [0.1, 0.15) is 27.7 Å². The van der Waals surface area contributed by atoms with Crippen molar-refractivity contribution in [2.75, 3.05) is 17.3 Å². The summed E-state index contributed by atoms with van der Waals surface area (Å²) in [6, 6.07) is -0.690. The number of aliphatic carboxylic acids is 1. The lowest BCUT2D eigenvalue weighted by Gasteiger charge is -2.49. The van der Waals surface area contributed by atoms with Crippen molar-refractivity contribution in [1.29, 1.82) is 0 Å². The number of carboxylic acid groups (broad SMARTS) is 1. The van der Waals surface area contributed by atoms with Crippen molar-refractivity contribution in [3.05, 3.63) is 11.3 Å². The number of carbonyl (C=O) groups is 4. The Hall–Kier alpha value is -2.32. The number of amides is 3. The van der Waals surface area contributed by atoms with Crippen LogP contribution in [0.2, 0.25) is 0 Å². The molecule has 38 heavy (non-hydrogen) atoms. The van der Waals surface area contributed by atoms with Crippen molar-refractivity contribution in [3.63, 3.8) is 0 Å². The van der Waals surface area contributed by atoms with Crippen LogP contribution in [-0.2, 0) is 25.5 Å². The van der Waals surface area contributed by atoms with Gasteiger partial charge in [0.25, 0.3) is 5.91 Å². The Bertz CT molecular complexity index is 1110. The molecule has 3 atom stereocenters. The Balaban J connectivity index is 1.62. The van der Waals surface area contributed by atoms with Crippen LogP contribution in [0.4, 0.5) is 4.79 Å². The van der Waals surface area contributed by atoms with E-state index in [9.17, 15) is 28.5 Å². The number of hydrazone groups is 1. The second-order valence-electron chi connectivity index (χ2n) is 8.59. The van der Waals surface area contributed by atoms with Gasteiger partial charge < -0.3 is 15.7 Å². The highest BCUT2D eigenvalue weighted by Crippen LogP contribution is 2.41. The molecule has 0 spiro atoms. The number of fused-ring (bicyclic) bond motifs is 1. The second kappa shape index (κ2) is 13.2. The molecule has 0 aromatic carbocycles. The fraction of sp³-hybridized carbons (Fsp3) is 0.579. The summed E-state index contributed by atoms with van der Waals surface area (Å²) in [5.74, 6) is -1.88. The fourth-order valence-corrected chi connectivity index (χ4v) is 7.10. The van der Waals surface area contributed by atoms with Gasteiger partial charge in [-0.3, -0.25) is 28.8 Å². The fourth-order valence-electron chi connectivity index (χ4n) is 3.41. The van der Waals surface area contributed by atoms with E-state index in [1.54, 1.807) is 0 Å². The Kier molecular flexibility index (Phi) is 10.5. The molecule has 15 nitrogen and oxygen atoms in total. The molecule has 0 bridgehead atoms. The van der Waals surface area contributed by atoms with Gasteiger partial charge in [-0.05, 0) is 33.3 Å². The maximum Gasteiger partial charge on any atom is 0.360 e. The van der Waals surface area contributed by atoms with Gasteiger partial charge in [-0.2, -0.15) is 5.01 Å². The first kappa shape index (κ1) is 30.2. The third kappa shape index (κ3) is 7.20. The van der Waals surface area contributed by atoms with Crippen LogP contribution >= 0.6 is 35.3 Å². The van der Waals surface area contributed by atoms with Crippen molar-refractivity contribution in [2.24, 2.45) is 10.1 Å². The van der Waals surface area contributed by atoms with Gasteiger partial charge in [-0.1, -0.05) is 23.5 Å². The molecule has 0 aliphatic carbocycles. The average molecular weight is 609 g/mol. The molecule has 3 aliphatic heterocycles. The second-order valence-corrected chi connectivity index (χ2v) is 12.4. The highest BCUT2D eigenvalue weighted by molar-refractivity contribution is 8.14. The Morgan fingerprint density at radius 2 is 2.03 bits per heavy atom. The SMILES string of the molecule is CC(C)N=C(NC(C)C)SCC(=O)NC1C(=O)N2C(C(=O)O)=C(CSC3=NNNN3C(=O)S(=O)O)CSC12. The molecule has 3 rings (SSSR count). The van der Waals surface area contributed by atoms with Crippen molar-refractivity contribution in [3.8, 4) is 0 Å². The molecule has 6 N–H and O–H groups in total. The number of hydrogen-bond donors (Lipinski definition) is 6. The number of carboxylic acids is 1. The van der Waals surface area contributed by atoms with E-state index in [-0.39, 0.29) is 46.1 Å². The minimum Gasteiger partial charge on any atom is -0.477 e. The number of hydrogen-bond acceptors (Lipinski definition) is 12. The number of β-lactam (4-membered cyclic amide) rings is 1. The zero-order valence-electron chi connectivity index (χ0n) is 20.8. The summed E-state index contributed by atoms with van der Waals surface area (Å²) in [5, 5.41) is 19.1. The van der Waals surface area contributed by atoms with E-state index < -0.39 is 39.6 Å². The van der Waals surface area contributed by atoms with Crippen molar-refractivity contribution in [2.45, 2.75) is 51.2 Å². The van der Waals surface area contributed by atoms with Crippen molar-refractivity contribution in [1.82, 2.24) is 31.6 Å². The van der Waals surface area contributed by atoms with Gasteiger partial charge in [0.2, 0.25) is 22.2 Å². The standard InChI is InChI=1S/C19H28N8O7S4/c1-8(2)20-17(21-9(3)4)36-7-11(28)22-12-14(29)26-13(16(30)31)10(5-35-15(12)26)6-37-18-23-24-25-27(18)19(32)38(33)34/h8-9,12,15,24-25H,5-7H2,1-4H3,(H,20,21)(H,22,28)(H,30,31)(H,33,34). The predicted molar refractivity (Wildman–Crippen MR) is 147 cm³/mol. The first-order chi connectivity index (χ1) is 17.9. The highest BCUT2D eigenvalue weighted by Gasteiger charge is 2.54. The molecule has 3 amide bonds. The molecule has 1 saturated heterocycles. The largest absolute Gasteiger partial charge is 0.477 e. The summed E-state index contributed by atoms with van der Waals surface area (Å²) in [7, 11) is 0. The van der Waals surface area contributed by atoms with E-state index in [1.807, 2.05) is 27.7 Å². The molecule has 3 aliphatic rings. The molecule has 3 unspecified atom stereocenters. The summed E-state index contributed by atoms with van der Waals surface area (Å²) < 4.78 is 20.1. The highest BCUT2D eigenvalue weighted by atomic mass is 32.2. The molecule has 19 heteroatoms.